The highest BCUT2D eigenvalue weighted by molar-refractivity contribution is 7.90. The van der Waals surface area contributed by atoms with Crippen molar-refractivity contribution in [3.05, 3.63) is 15.6 Å². The molecule has 1 heterocycles. The van der Waals surface area contributed by atoms with Crippen LogP contribution in [0.15, 0.2) is 0 Å². The molecule has 0 spiro atoms. The standard InChI is InChI=1S/C12H20N2O2S2/c1-3-10-11(7-13-9-5-6-9)17-12(14-10)8-18(15,16)4-2/h9,13H,3-8H2,1-2H3. The molecule has 1 fully saturated rings. The minimum Gasteiger partial charge on any atom is -0.309 e. The molecule has 0 bridgehead atoms. The number of aromatic nitrogens is 1. The van der Waals surface area contributed by atoms with Crippen LogP contribution >= 0.6 is 11.3 Å². The van der Waals surface area contributed by atoms with Crippen molar-refractivity contribution in [2.75, 3.05) is 5.75 Å². The highest BCUT2D eigenvalue weighted by Gasteiger charge is 2.22. The Balaban J connectivity index is 2.07. The summed E-state index contributed by atoms with van der Waals surface area (Å²) in [5.41, 5.74) is 1.05. The fourth-order valence-electron chi connectivity index (χ4n) is 1.73. The zero-order valence-corrected chi connectivity index (χ0v) is 12.5. The first-order valence-corrected chi connectivity index (χ1v) is 9.09. The molecule has 1 aliphatic rings. The van der Waals surface area contributed by atoms with Gasteiger partial charge in [-0.1, -0.05) is 13.8 Å². The molecule has 2 rings (SSSR count). The van der Waals surface area contributed by atoms with Gasteiger partial charge in [0.05, 0.1) is 5.69 Å². The number of nitrogens with one attached hydrogen (secondary N) is 1. The van der Waals surface area contributed by atoms with Gasteiger partial charge < -0.3 is 5.32 Å². The minimum atomic E-state index is -2.98. The molecule has 0 amide bonds. The lowest BCUT2D eigenvalue weighted by atomic mass is 10.3. The van der Waals surface area contributed by atoms with Crippen LogP contribution < -0.4 is 5.32 Å². The van der Waals surface area contributed by atoms with Crippen LogP contribution in [0.4, 0.5) is 0 Å². The number of rotatable bonds is 7. The molecule has 1 aliphatic carbocycles. The van der Waals surface area contributed by atoms with E-state index in [-0.39, 0.29) is 11.5 Å². The molecule has 1 aromatic heterocycles. The molecular formula is C12H20N2O2S2. The summed E-state index contributed by atoms with van der Waals surface area (Å²) in [6, 6.07) is 0.666. The summed E-state index contributed by atoms with van der Waals surface area (Å²) in [4.78, 5) is 5.66. The maximum absolute atomic E-state index is 11.6. The molecule has 0 aromatic carbocycles. The smallest absolute Gasteiger partial charge is 0.156 e. The number of sulfone groups is 1. The second-order valence-corrected chi connectivity index (χ2v) is 8.18. The maximum atomic E-state index is 11.6. The number of nitrogens with zero attached hydrogens (tertiary/aromatic N) is 1. The predicted molar refractivity (Wildman–Crippen MR) is 74.5 cm³/mol. The van der Waals surface area contributed by atoms with E-state index in [1.165, 1.54) is 17.7 Å². The number of hydrogen-bond acceptors (Lipinski definition) is 5. The van der Waals surface area contributed by atoms with E-state index in [1.54, 1.807) is 18.3 Å². The lowest BCUT2D eigenvalue weighted by Gasteiger charge is -2.00. The SMILES string of the molecule is CCc1nc(CS(=O)(=O)CC)sc1CNC1CC1. The Kier molecular flexibility index (Phi) is 4.40. The fourth-order valence-corrected chi connectivity index (χ4v) is 4.05. The van der Waals surface area contributed by atoms with Crippen molar-refractivity contribution in [1.29, 1.82) is 0 Å². The summed E-state index contributed by atoms with van der Waals surface area (Å²) in [5.74, 6) is 0.272. The monoisotopic (exact) mass is 288 g/mol. The summed E-state index contributed by atoms with van der Waals surface area (Å²) in [6.07, 6.45) is 3.39. The molecule has 0 saturated heterocycles. The van der Waals surface area contributed by atoms with Gasteiger partial charge in [-0.25, -0.2) is 13.4 Å². The van der Waals surface area contributed by atoms with Gasteiger partial charge in [0.1, 0.15) is 10.8 Å². The Bertz CT molecular complexity index is 504. The van der Waals surface area contributed by atoms with E-state index in [2.05, 4.69) is 17.2 Å². The minimum absolute atomic E-state index is 0.0879. The Hall–Kier alpha value is -0.460. The van der Waals surface area contributed by atoms with Crippen LogP contribution in [0.5, 0.6) is 0 Å². The van der Waals surface area contributed by atoms with Crippen LogP contribution in [-0.2, 0) is 28.6 Å². The number of hydrogen-bond donors (Lipinski definition) is 1. The van der Waals surface area contributed by atoms with E-state index in [1.807, 2.05) is 0 Å². The lowest BCUT2D eigenvalue weighted by Crippen LogP contribution is -2.15. The third-order valence-electron chi connectivity index (χ3n) is 3.07. The van der Waals surface area contributed by atoms with E-state index >= 15 is 0 Å². The van der Waals surface area contributed by atoms with Crippen LogP contribution in [0.25, 0.3) is 0 Å². The molecule has 4 nitrogen and oxygen atoms in total. The zero-order valence-electron chi connectivity index (χ0n) is 10.9. The predicted octanol–water partition coefficient (Wildman–Crippen LogP) is 1.89. The van der Waals surface area contributed by atoms with Gasteiger partial charge in [-0.3, -0.25) is 0 Å². The van der Waals surface area contributed by atoms with Gasteiger partial charge in [0.2, 0.25) is 0 Å². The van der Waals surface area contributed by atoms with Gasteiger partial charge in [-0.15, -0.1) is 11.3 Å². The lowest BCUT2D eigenvalue weighted by molar-refractivity contribution is 0.596. The quantitative estimate of drug-likeness (QED) is 0.832. The number of aryl methyl sites for hydroxylation is 1. The molecule has 0 unspecified atom stereocenters. The topological polar surface area (TPSA) is 59.1 Å². The van der Waals surface area contributed by atoms with Crippen LogP contribution in [0.2, 0.25) is 0 Å². The molecule has 1 saturated carbocycles. The first-order chi connectivity index (χ1) is 8.54. The molecule has 102 valence electrons. The number of thiazole rings is 1. The third-order valence-corrected chi connectivity index (χ3v) is 5.94. The molecule has 18 heavy (non-hydrogen) atoms. The van der Waals surface area contributed by atoms with Crippen LogP contribution in [0.3, 0.4) is 0 Å². The second kappa shape index (κ2) is 5.67. The Morgan fingerprint density at radius 3 is 2.67 bits per heavy atom. The fraction of sp³-hybridized carbons (Fsp3) is 0.750. The van der Waals surface area contributed by atoms with Crippen molar-refractivity contribution in [3.8, 4) is 0 Å². The van der Waals surface area contributed by atoms with Gasteiger partial charge in [0.15, 0.2) is 9.84 Å². The van der Waals surface area contributed by atoms with Gasteiger partial charge in [-0.2, -0.15) is 0 Å². The van der Waals surface area contributed by atoms with E-state index in [9.17, 15) is 8.42 Å². The van der Waals surface area contributed by atoms with Crippen molar-refractivity contribution in [3.63, 3.8) is 0 Å². The Morgan fingerprint density at radius 1 is 1.39 bits per heavy atom. The van der Waals surface area contributed by atoms with Crippen molar-refractivity contribution >= 4 is 21.2 Å². The molecule has 0 radical (unpaired) electrons. The van der Waals surface area contributed by atoms with Gasteiger partial charge in [0, 0.05) is 23.2 Å². The average Bonchev–Trinajstić information content (AvgIpc) is 3.08. The Morgan fingerprint density at radius 2 is 2.11 bits per heavy atom. The van der Waals surface area contributed by atoms with E-state index in [0.717, 1.165) is 23.7 Å². The molecule has 1 N–H and O–H groups in total. The van der Waals surface area contributed by atoms with Crippen LogP contribution in [0, 0.1) is 0 Å². The van der Waals surface area contributed by atoms with Crippen molar-refractivity contribution in [2.24, 2.45) is 0 Å². The maximum Gasteiger partial charge on any atom is 0.156 e. The summed E-state index contributed by atoms with van der Waals surface area (Å²) in [5, 5.41) is 4.20. The summed E-state index contributed by atoms with van der Waals surface area (Å²) in [7, 11) is -2.98. The second-order valence-electron chi connectivity index (χ2n) is 4.66. The van der Waals surface area contributed by atoms with E-state index in [0.29, 0.717) is 6.04 Å². The van der Waals surface area contributed by atoms with Gasteiger partial charge in [0.25, 0.3) is 0 Å². The van der Waals surface area contributed by atoms with E-state index < -0.39 is 9.84 Å². The van der Waals surface area contributed by atoms with Gasteiger partial charge >= 0.3 is 0 Å². The van der Waals surface area contributed by atoms with Crippen molar-refractivity contribution in [1.82, 2.24) is 10.3 Å². The summed E-state index contributed by atoms with van der Waals surface area (Å²) >= 11 is 1.54. The highest BCUT2D eigenvalue weighted by atomic mass is 32.2. The molecule has 0 atom stereocenters. The summed E-state index contributed by atoms with van der Waals surface area (Å²) in [6.45, 7) is 4.57. The van der Waals surface area contributed by atoms with E-state index in [4.69, 9.17) is 0 Å². The van der Waals surface area contributed by atoms with Crippen molar-refractivity contribution < 1.29 is 8.42 Å². The van der Waals surface area contributed by atoms with Crippen molar-refractivity contribution in [2.45, 2.75) is 51.4 Å². The normalized spacial score (nSPS) is 16.1. The average molecular weight is 288 g/mol. The molecular weight excluding hydrogens is 268 g/mol. The molecule has 1 aromatic rings. The van der Waals surface area contributed by atoms with Crippen LogP contribution in [0.1, 0.15) is 42.3 Å². The van der Waals surface area contributed by atoms with Gasteiger partial charge in [-0.05, 0) is 19.3 Å². The third kappa shape index (κ3) is 3.76. The largest absolute Gasteiger partial charge is 0.309 e. The first-order valence-electron chi connectivity index (χ1n) is 6.45. The first kappa shape index (κ1) is 14.0. The Labute approximate surface area is 113 Å². The molecule has 6 heteroatoms. The zero-order chi connectivity index (χ0) is 13.2. The highest BCUT2D eigenvalue weighted by Crippen LogP contribution is 2.24. The summed E-state index contributed by atoms with van der Waals surface area (Å²) < 4.78 is 23.2. The van der Waals surface area contributed by atoms with Crippen LogP contribution in [-0.4, -0.2) is 25.2 Å². The molecule has 0 aliphatic heterocycles.